The number of rotatable bonds is 6. The number of aromatic hydroxyl groups is 1. The Labute approximate surface area is 188 Å². The summed E-state index contributed by atoms with van der Waals surface area (Å²) in [5.74, 6) is -0.498. The number of benzene rings is 2. The van der Waals surface area contributed by atoms with Crippen LogP contribution in [0.1, 0.15) is 23.6 Å². The molecule has 0 saturated carbocycles. The van der Waals surface area contributed by atoms with Crippen LogP contribution in [0.25, 0.3) is 11.3 Å². The normalized spacial score (nSPS) is 11.9. The van der Waals surface area contributed by atoms with Crippen molar-refractivity contribution in [1.29, 1.82) is 0 Å². The fourth-order valence-corrected chi connectivity index (χ4v) is 3.84. The number of nitro groups is 1. The molecule has 7 nitrogen and oxygen atoms in total. The molecule has 3 rings (SSSR count). The highest BCUT2D eigenvalue weighted by molar-refractivity contribution is 7.07. The highest BCUT2D eigenvalue weighted by Crippen LogP contribution is 2.32. The van der Waals surface area contributed by atoms with Crippen molar-refractivity contribution in [3.8, 4) is 17.0 Å². The van der Waals surface area contributed by atoms with Gasteiger partial charge in [-0.15, -0.1) is 11.3 Å². The van der Waals surface area contributed by atoms with Crippen molar-refractivity contribution in [3.05, 3.63) is 84.5 Å². The summed E-state index contributed by atoms with van der Waals surface area (Å²) in [5.41, 5.74) is 4.64. The third-order valence-electron chi connectivity index (χ3n) is 4.57. The van der Waals surface area contributed by atoms with Crippen LogP contribution in [0.2, 0.25) is 5.02 Å². The average molecular weight is 457 g/mol. The molecule has 0 fully saturated rings. The Kier molecular flexibility index (Phi) is 6.72. The first kappa shape index (κ1) is 22.5. The largest absolute Gasteiger partial charge is 0.502 e. The minimum Gasteiger partial charge on any atom is -0.502 e. The molecule has 0 radical (unpaired) electrons. The summed E-state index contributed by atoms with van der Waals surface area (Å²) in [5, 5.41) is 28.0. The number of halogens is 1. The van der Waals surface area contributed by atoms with Gasteiger partial charge >= 0.3 is 5.69 Å². The second-order valence-electron chi connectivity index (χ2n) is 7.15. The average Bonchev–Trinajstić information content (AvgIpc) is 3.11. The number of thiazole rings is 1. The maximum Gasteiger partial charge on any atom is 0.312 e. The minimum atomic E-state index is -0.690. The molecule has 0 atom stereocenters. The van der Waals surface area contributed by atoms with Gasteiger partial charge in [-0.25, -0.2) is 4.68 Å². The molecular formula is C22H21ClN4O3S. The SMILES string of the molecule is C=C(C)CN=c1scc(-c2ccc(C)c(C)c2)n1N=Cc1cc(Cl)cc([N+](=O)[O-])c1O. The number of hydrogen-bond donors (Lipinski definition) is 1. The molecule has 1 heterocycles. The van der Waals surface area contributed by atoms with Gasteiger partial charge in [0.2, 0.25) is 10.6 Å². The number of phenols is 1. The summed E-state index contributed by atoms with van der Waals surface area (Å²) in [7, 11) is 0. The van der Waals surface area contributed by atoms with E-state index in [4.69, 9.17) is 11.6 Å². The molecule has 1 aromatic heterocycles. The summed E-state index contributed by atoms with van der Waals surface area (Å²) in [6, 6.07) is 8.61. The van der Waals surface area contributed by atoms with E-state index >= 15 is 0 Å². The summed E-state index contributed by atoms with van der Waals surface area (Å²) >= 11 is 7.41. The van der Waals surface area contributed by atoms with Gasteiger partial charge in [-0.3, -0.25) is 15.1 Å². The molecule has 0 unspecified atom stereocenters. The Hall–Kier alpha value is -3.23. The van der Waals surface area contributed by atoms with Crippen LogP contribution in [0, 0.1) is 24.0 Å². The van der Waals surface area contributed by atoms with E-state index in [1.165, 1.54) is 29.2 Å². The molecular weight excluding hydrogens is 436 g/mol. The zero-order chi connectivity index (χ0) is 22.7. The summed E-state index contributed by atoms with van der Waals surface area (Å²) in [4.78, 5) is 15.7. The van der Waals surface area contributed by atoms with Crippen molar-refractivity contribution >= 4 is 34.8 Å². The van der Waals surface area contributed by atoms with E-state index in [1.807, 2.05) is 38.3 Å². The molecule has 0 saturated heterocycles. The maximum atomic E-state index is 11.2. The highest BCUT2D eigenvalue weighted by atomic mass is 35.5. The lowest BCUT2D eigenvalue weighted by atomic mass is 10.1. The van der Waals surface area contributed by atoms with Crippen molar-refractivity contribution in [2.45, 2.75) is 20.8 Å². The van der Waals surface area contributed by atoms with Gasteiger partial charge in [0.1, 0.15) is 0 Å². The summed E-state index contributed by atoms with van der Waals surface area (Å²) in [6.45, 7) is 10.3. The van der Waals surface area contributed by atoms with Gasteiger partial charge in [0.25, 0.3) is 0 Å². The molecule has 0 spiro atoms. The van der Waals surface area contributed by atoms with Crippen LogP contribution in [-0.2, 0) is 0 Å². The number of nitro benzene ring substituents is 1. The molecule has 9 heteroatoms. The lowest BCUT2D eigenvalue weighted by Crippen LogP contribution is -2.13. The molecule has 2 aromatic carbocycles. The molecule has 0 aliphatic rings. The van der Waals surface area contributed by atoms with Gasteiger partial charge in [0.05, 0.1) is 23.4 Å². The van der Waals surface area contributed by atoms with Crippen LogP contribution >= 0.6 is 22.9 Å². The lowest BCUT2D eigenvalue weighted by Gasteiger charge is -2.07. The predicted molar refractivity (Wildman–Crippen MR) is 125 cm³/mol. The smallest absolute Gasteiger partial charge is 0.312 e. The van der Waals surface area contributed by atoms with E-state index in [0.29, 0.717) is 11.3 Å². The van der Waals surface area contributed by atoms with Crippen LogP contribution in [0.5, 0.6) is 5.75 Å². The van der Waals surface area contributed by atoms with Crippen molar-refractivity contribution in [2.24, 2.45) is 10.1 Å². The molecule has 0 amide bonds. The molecule has 1 N–H and O–H groups in total. The molecule has 0 aliphatic heterocycles. The highest BCUT2D eigenvalue weighted by Gasteiger charge is 2.18. The van der Waals surface area contributed by atoms with Crippen molar-refractivity contribution in [3.63, 3.8) is 0 Å². The molecule has 0 aliphatic carbocycles. The van der Waals surface area contributed by atoms with Crippen molar-refractivity contribution in [2.75, 3.05) is 6.54 Å². The second kappa shape index (κ2) is 9.28. The number of aromatic nitrogens is 1. The van der Waals surface area contributed by atoms with Crippen LogP contribution < -0.4 is 4.80 Å². The van der Waals surface area contributed by atoms with Gasteiger partial charge in [-0.1, -0.05) is 35.9 Å². The molecule has 3 aromatic rings. The van der Waals surface area contributed by atoms with E-state index in [9.17, 15) is 15.2 Å². The standard InChI is InChI=1S/C22H21ClN4O3S/c1-13(2)10-24-22-26(20(12-31-22)16-6-5-14(3)15(4)7-16)25-11-17-8-18(23)9-19(21(17)28)27(29)30/h5-9,11-12,28H,1,10H2,2-4H3. The number of phenolic OH excluding ortho intramolecular Hbond substituents is 1. The lowest BCUT2D eigenvalue weighted by molar-refractivity contribution is -0.385. The molecule has 160 valence electrons. The minimum absolute atomic E-state index is 0.128. The van der Waals surface area contributed by atoms with E-state index < -0.39 is 16.4 Å². The first-order valence-electron chi connectivity index (χ1n) is 9.31. The van der Waals surface area contributed by atoms with E-state index in [2.05, 4.69) is 22.7 Å². The van der Waals surface area contributed by atoms with Gasteiger partial charge in [0.15, 0.2) is 0 Å². The number of aryl methyl sites for hydroxylation is 2. The monoisotopic (exact) mass is 456 g/mol. The van der Waals surface area contributed by atoms with Crippen molar-refractivity contribution < 1.29 is 10.0 Å². The topological polar surface area (TPSA) is 93.0 Å². The Morgan fingerprint density at radius 3 is 2.71 bits per heavy atom. The quantitative estimate of drug-likeness (QED) is 0.231. The number of nitrogens with zero attached hydrogens (tertiary/aromatic N) is 4. The Bertz CT molecular complexity index is 1270. The van der Waals surface area contributed by atoms with Gasteiger partial charge in [-0.05, 0) is 44.0 Å². The Balaban J connectivity index is 2.16. The van der Waals surface area contributed by atoms with E-state index in [-0.39, 0.29) is 10.6 Å². The third kappa shape index (κ3) is 5.10. The zero-order valence-corrected chi connectivity index (χ0v) is 18.9. The van der Waals surface area contributed by atoms with Gasteiger partial charge < -0.3 is 5.11 Å². The van der Waals surface area contributed by atoms with Crippen LogP contribution in [0.4, 0.5) is 5.69 Å². The van der Waals surface area contributed by atoms with Gasteiger partial charge in [-0.2, -0.15) is 5.10 Å². The first-order valence-corrected chi connectivity index (χ1v) is 10.6. The molecule has 0 bridgehead atoms. The van der Waals surface area contributed by atoms with Crippen LogP contribution in [0.15, 0.2) is 58.0 Å². The first-order chi connectivity index (χ1) is 14.7. The molecule has 31 heavy (non-hydrogen) atoms. The maximum absolute atomic E-state index is 11.2. The Morgan fingerprint density at radius 2 is 2.06 bits per heavy atom. The summed E-state index contributed by atoms with van der Waals surface area (Å²) < 4.78 is 1.64. The van der Waals surface area contributed by atoms with E-state index in [0.717, 1.165) is 28.5 Å². The van der Waals surface area contributed by atoms with Crippen LogP contribution in [0.3, 0.4) is 0 Å². The second-order valence-corrected chi connectivity index (χ2v) is 8.43. The fraction of sp³-hybridized carbons (Fsp3) is 0.182. The van der Waals surface area contributed by atoms with Gasteiger partial charge in [0, 0.05) is 27.6 Å². The summed E-state index contributed by atoms with van der Waals surface area (Å²) in [6.07, 6.45) is 1.34. The predicted octanol–water partition coefficient (Wildman–Crippen LogP) is 5.46. The van der Waals surface area contributed by atoms with E-state index in [1.54, 1.807) is 4.68 Å². The third-order valence-corrected chi connectivity index (χ3v) is 5.64. The fourth-order valence-electron chi connectivity index (χ4n) is 2.78. The Morgan fingerprint density at radius 1 is 1.32 bits per heavy atom. The number of hydrogen-bond acceptors (Lipinski definition) is 6. The van der Waals surface area contributed by atoms with Crippen molar-refractivity contribution in [1.82, 2.24) is 4.68 Å². The zero-order valence-electron chi connectivity index (χ0n) is 17.3. The van der Waals surface area contributed by atoms with Crippen LogP contribution in [-0.4, -0.2) is 27.5 Å².